The van der Waals surface area contributed by atoms with Crippen LogP contribution in [0.4, 0.5) is 0 Å². The highest BCUT2D eigenvalue weighted by atomic mass is 16.3. The standard InChI is InChI=1S/C16H19N3O2/c17-15(10-12-3-5-14(20)6-4-12)16(21)19-9-7-13-2-1-8-18-11-13/h1-6,8,11,15,20H,7,9-10,17H2,(H,19,21)/t15-/m1/s1. The van der Waals surface area contributed by atoms with Crippen LogP contribution >= 0.6 is 0 Å². The first kappa shape index (κ1) is 15.0. The molecule has 0 saturated heterocycles. The van der Waals surface area contributed by atoms with Crippen molar-refractivity contribution in [1.82, 2.24) is 10.3 Å². The molecule has 2 rings (SSSR count). The number of phenols is 1. The van der Waals surface area contributed by atoms with Gasteiger partial charge in [-0.05, 0) is 42.2 Å². The van der Waals surface area contributed by atoms with Gasteiger partial charge in [0, 0.05) is 18.9 Å². The highest BCUT2D eigenvalue weighted by Gasteiger charge is 2.13. The number of hydrogen-bond acceptors (Lipinski definition) is 4. The van der Waals surface area contributed by atoms with Gasteiger partial charge in [0.15, 0.2) is 0 Å². The third-order valence-electron chi connectivity index (χ3n) is 3.16. The summed E-state index contributed by atoms with van der Waals surface area (Å²) in [5, 5.41) is 12.0. The summed E-state index contributed by atoms with van der Waals surface area (Å²) in [6, 6.07) is 9.94. The molecule has 1 amide bonds. The Morgan fingerprint density at radius 2 is 2.00 bits per heavy atom. The third-order valence-corrected chi connectivity index (χ3v) is 3.16. The zero-order chi connectivity index (χ0) is 15.1. The van der Waals surface area contributed by atoms with E-state index in [1.807, 2.05) is 12.1 Å². The number of carbonyl (C=O) groups excluding carboxylic acids is 1. The van der Waals surface area contributed by atoms with Crippen LogP contribution in [0.2, 0.25) is 0 Å². The molecule has 1 aromatic heterocycles. The predicted molar refractivity (Wildman–Crippen MR) is 80.7 cm³/mol. The maximum absolute atomic E-state index is 11.9. The Morgan fingerprint density at radius 1 is 1.24 bits per heavy atom. The van der Waals surface area contributed by atoms with Gasteiger partial charge in [-0.25, -0.2) is 0 Å². The molecule has 0 bridgehead atoms. The summed E-state index contributed by atoms with van der Waals surface area (Å²) in [5.74, 6) is 0.0280. The molecule has 1 heterocycles. The van der Waals surface area contributed by atoms with Gasteiger partial charge in [-0.3, -0.25) is 9.78 Å². The van der Waals surface area contributed by atoms with Gasteiger partial charge in [-0.1, -0.05) is 18.2 Å². The van der Waals surface area contributed by atoms with E-state index in [9.17, 15) is 9.90 Å². The van der Waals surface area contributed by atoms with Crippen LogP contribution in [0.15, 0.2) is 48.8 Å². The average Bonchev–Trinajstić information content (AvgIpc) is 2.50. The molecule has 1 atom stereocenters. The molecule has 0 spiro atoms. The topological polar surface area (TPSA) is 88.2 Å². The van der Waals surface area contributed by atoms with Crippen LogP contribution in [0, 0.1) is 0 Å². The van der Waals surface area contributed by atoms with Crippen LogP contribution < -0.4 is 11.1 Å². The Labute approximate surface area is 123 Å². The number of pyridine rings is 1. The Hall–Kier alpha value is -2.40. The summed E-state index contributed by atoms with van der Waals surface area (Å²) in [4.78, 5) is 15.9. The smallest absolute Gasteiger partial charge is 0.237 e. The number of nitrogens with two attached hydrogens (primary N) is 1. The molecule has 4 N–H and O–H groups in total. The lowest BCUT2D eigenvalue weighted by Crippen LogP contribution is -2.42. The fourth-order valence-electron chi connectivity index (χ4n) is 1.99. The molecule has 5 nitrogen and oxygen atoms in total. The lowest BCUT2D eigenvalue weighted by atomic mass is 10.1. The minimum absolute atomic E-state index is 0.174. The van der Waals surface area contributed by atoms with E-state index in [1.54, 1.807) is 36.7 Å². The van der Waals surface area contributed by atoms with E-state index in [1.165, 1.54) is 0 Å². The first-order valence-corrected chi connectivity index (χ1v) is 6.85. The highest BCUT2D eigenvalue weighted by Crippen LogP contribution is 2.10. The first-order valence-electron chi connectivity index (χ1n) is 6.85. The summed E-state index contributed by atoms with van der Waals surface area (Å²) in [7, 11) is 0. The number of aromatic nitrogens is 1. The maximum atomic E-state index is 11.9. The maximum Gasteiger partial charge on any atom is 0.237 e. The van der Waals surface area contributed by atoms with E-state index >= 15 is 0 Å². The third kappa shape index (κ3) is 4.89. The van der Waals surface area contributed by atoms with Crippen molar-refractivity contribution in [3.8, 4) is 5.75 Å². The van der Waals surface area contributed by atoms with Crippen LogP contribution in [-0.2, 0) is 17.6 Å². The highest BCUT2D eigenvalue weighted by molar-refractivity contribution is 5.81. The van der Waals surface area contributed by atoms with Crippen LogP contribution in [0.1, 0.15) is 11.1 Å². The van der Waals surface area contributed by atoms with Gasteiger partial charge >= 0.3 is 0 Å². The number of benzene rings is 1. The molecule has 2 aromatic rings. The summed E-state index contributed by atoms with van der Waals surface area (Å²) in [5.41, 5.74) is 7.87. The van der Waals surface area contributed by atoms with Crippen molar-refractivity contribution in [1.29, 1.82) is 0 Å². The molecule has 5 heteroatoms. The average molecular weight is 285 g/mol. The van der Waals surface area contributed by atoms with E-state index in [-0.39, 0.29) is 11.7 Å². The quantitative estimate of drug-likeness (QED) is 0.739. The van der Waals surface area contributed by atoms with Crippen molar-refractivity contribution >= 4 is 5.91 Å². The fraction of sp³-hybridized carbons (Fsp3) is 0.250. The molecule has 0 aliphatic rings. The summed E-state index contributed by atoms with van der Waals surface area (Å²) in [6.45, 7) is 0.536. The number of amides is 1. The van der Waals surface area contributed by atoms with E-state index in [0.717, 1.165) is 17.5 Å². The zero-order valence-electron chi connectivity index (χ0n) is 11.7. The van der Waals surface area contributed by atoms with Gasteiger partial charge < -0.3 is 16.2 Å². The van der Waals surface area contributed by atoms with E-state index in [4.69, 9.17) is 5.73 Å². The lowest BCUT2D eigenvalue weighted by Gasteiger charge is -2.12. The molecule has 0 aliphatic heterocycles. The number of aromatic hydroxyl groups is 1. The van der Waals surface area contributed by atoms with Crippen molar-refractivity contribution in [3.05, 3.63) is 59.9 Å². The molecular formula is C16H19N3O2. The molecule has 0 aliphatic carbocycles. The first-order chi connectivity index (χ1) is 10.1. The largest absolute Gasteiger partial charge is 0.508 e. The molecule has 0 unspecified atom stereocenters. The van der Waals surface area contributed by atoms with Gasteiger partial charge in [0.2, 0.25) is 5.91 Å². The lowest BCUT2D eigenvalue weighted by molar-refractivity contribution is -0.122. The summed E-state index contributed by atoms with van der Waals surface area (Å²) >= 11 is 0. The number of hydrogen-bond donors (Lipinski definition) is 3. The molecule has 0 radical (unpaired) electrons. The summed E-state index contributed by atoms with van der Waals surface area (Å²) in [6.07, 6.45) is 4.67. The van der Waals surface area contributed by atoms with Crippen LogP contribution in [0.25, 0.3) is 0 Å². The zero-order valence-corrected chi connectivity index (χ0v) is 11.7. The second kappa shape index (κ2) is 7.40. The van der Waals surface area contributed by atoms with E-state index < -0.39 is 6.04 Å². The molecule has 0 fully saturated rings. The Balaban J connectivity index is 1.76. The van der Waals surface area contributed by atoms with Crippen molar-refractivity contribution in [2.24, 2.45) is 5.73 Å². The second-order valence-corrected chi connectivity index (χ2v) is 4.88. The van der Waals surface area contributed by atoms with Crippen LogP contribution in [-0.4, -0.2) is 28.6 Å². The van der Waals surface area contributed by atoms with Crippen LogP contribution in [0.5, 0.6) is 5.75 Å². The molecule has 21 heavy (non-hydrogen) atoms. The van der Waals surface area contributed by atoms with Gasteiger partial charge in [0.25, 0.3) is 0 Å². The minimum Gasteiger partial charge on any atom is -0.508 e. The Bertz CT molecular complexity index is 570. The van der Waals surface area contributed by atoms with Crippen LogP contribution in [0.3, 0.4) is 0 Å². The van der Waals surface area contributed by atoms with Gasteiger partial charge in [0.1, 0.15) is 5.75 Å². The molecular weight excluding hydrogens is 266 g/mol. The van der Waals surface area contributed by atoms with Gasteiger partial charge in [0.05, 0.1) is 6.04 Å². The molecule has 1 aromatic carbocycles. The SMILES string of the molecule is N[C@H](Cc1ccc(O)cc1)C(=O)NCCc1cccnc1. The van der Waals surface area contributed by atoms with E-state index in [2.05, 4.69) is 10.3 Å². The fourth-order valence-corrected chi connectivity index (χ4v) is 1.99. The Morgan fingerprint density at radius 3 is 2.67 bits per heavy atom. The van der Waals surface area contributed by atoms with Crippen molar-refractivity contribution in [3.63, 3.8) is 0 Å². The van der Waals surface area contributed by atoms with Crippen molar-refractivity contribution in [2.45, 2.75) is 18.9 Å². The number of rotatable bonds is 6. The predicted octanol–water partition coefficient (Wildman–Crippen LogP) is 1.02. The molecule has 110 valence electrons. The summed E-state index contributed by atoms with van der Waals surface area (Å²) < 4.78 is 0. The number of carbonyl (C=O) groups is 1. The number of phenolic OH excluding ortho intramolecular Hbond substituents is 1. The number of nitrogens with zero attached hydrogens (tertiary/aromatic N) is 1. The Kier molecular flexibility index (Phi) is 5.29. The molecule has 0 saturated carbocycles. The van der Waals surface area contributed by atoms with Crippen molar-refractivity contribution < 1.29 is 9.90 Å². The van der Waals surface area contributed by atoms with Gasteiger partial charge in [-0.2, -0.15) is 0 Å². The number of nitrogens with one attached hydrogen (secondary N) is 1. The normalized spacial score (nSPS) is 11.9. The van der Waals surface area contributed by atoms with E-state index in [0.29, 0.717) is 13.0 Å². The minimum atomic E-state index is -0.594. The monoisotopic (exact) mass is 285 g/mol. The van der Waals surface area contributed by atoms with Crippen molar-refractivity contribution in [2.75, 3.05) is 6.54 Å². The second-order valence-electron chi connectivity index (χ2n) is 4.88. The van der Waals surface area contributed by atoms with Gasteiger partial charge in [-0.15, -0.1) is 0 Å².